The van der Waals surface area contributed by atoms with E-state index in [1.807, 2.05) is 11.9 Å². The fraction of sp³-hybridized carbons (Fsp3) is 0.588. The molecule has 1 aromatic carbocycles. The molecule has 1 fully saturated rings. The highest BCUT2D eigenvalue weighted by molar-refractivity contribution is 6.17. The summed E-state index contributed by atoms with van der Waals surface area (Å²) in [7, 11) is 3.25. The number of carbonyl (C=O) groups is 1. The minimum absolute atomic E-state index is 0.0150. The van der Waals surface area contributed by atoms with Crippen LogP contribution in [0.3, 0.4) is 0 Å². The Morgan fingerprint density at radius 1 is 1.29 bits per heavy atom. The van der Waals surface area contributed by atoms with Gasteiger partial charge >= 0.3 is 12.1 Å². The predicted octanol–water partition coefficient (Wildman–Crippen LogP) is 4.61. The molecule has 134 valence electrons. The highest BCUT2D eigenvalue weighted by Crippen LogP contribution is 2.36. The third-order valence-corrected chi connectivity index (χ3v) is 5.00. The number of anilines is 1. The van der Waals surface area contributed by atoms with Crippen molar-refractivity contribution < 1.29 is 22.7 Å². The topological polar surface area (TPSA) is 29.5 Å². The molecule has 24 heavy (non-hydrogen) atoms. The number of carbonyl (C=O) groups excluding carboxylic acids is 1. The smallest absolute Gasteiger partial charge is 0.416 e. The van der Waals surface area contributed by atoms with Crippen molar-refractivity contribution in [2.24, 2.45) is 5.92 Å². The standard InChI is InChI=1S/C17H21ClF3NO2/c1-22(14-6-3-11(4-7-14)16(23)24-2)15-8-5-13(17(19,20)21)9-12(15)10-18/h5,8-9,11,14H,3-4,6-7,10H2,1-2H3. The number of nitrogens with zero attached hydrogens (tertiary/aromatic N) is 1. The highest BCUT2D eigenvalue weighted by Gasteiger charge is 2.32. The molecule has 0 bridgehead atoms. The Balaban J connectivity index is 2.13. The normalized spacial score (nSPS) is 21.4. The van der Waals surface area contributed by atoms with Gasteiger partial charge in [-0.1, -0.05) is 0 Å². The lowest BCUT2D eigenvalue weighted by molar-refractivity contribution is -0.146. The second-order valence-electron chi connectivity index (χ2n) is 6.11. The number of methoxy groups -OCH3 is 1. The number of ether oxygens (including phenoxy) is 1. The molecular formula is C17H21ClF3NO2. The van der Waals surface area contributed by atoms with Crippen molar-refractivity contribution in [1.82, 2.24) is 0 Å². The minimum Gasteiger partial charge on any atom is -0.469 e. The number of hydrogen-bond donors (Lipinski definition) is 0. The molecule has 0 aromatic heterocycles. The molecule has 1 saturated carbocycles. The average molecular weight is 364 g/mol. The van der Waals surface area contributed by atoms with E-state index < -0.39 is 11.7 Å². The quantitative estimate of drug-likeness (QED) is 0.578. The molecule has 0 aliphatic heterocycles. The van der Waals surface area contributed by atoms with Gasteiger partial charge in [0, 0.05) is 24.7 Å². The number of benzene rings is 1. The summed E-state index contributed by atoms with van der Waals surface area (Å²) >= 11 is 5.87. The fourth-order valence-electron chi connectivity index (χ4n) is 3.28. The maximum absolute atomic E-state index is 12.8. The molecule has 1 aliphatic rings. The van der Waals surface area contributed by atoms with E-state index >= 15 is 0 Å². The molecule has 7 heteroatoms. The van der Waals surface area contributed by atoms with Crippen LogP contribution < -0.4 is 4.90 Å². The second-order valence-corrected chi connectivity index (χ2v) is 6.38. The van der Waals surface area contributed by atoms with Crippen LogP contribution in [0.2, 0.25) is 0 Å². The molecule has 0 heterocycles. The van der Waals surface area contributed by atoms with Crippen LogP contribution in [0.1, 0.15) is 36.8 Å². The zero-order chi connectivity index (χ0) is 17.9. The summed E-state index contributed by atoms with van der Waals surface area (Å²) < 4.78 is 43.3. The van der Waals surface area contributed by atoms with Crippen LogP contribution in [0.15, 0.2) is 18.2 Å². The third-order valence-electron chi connectivity index (χ3n) is 4.71. The Morgan fingerprint density at radius 3 is 2.42 bits per heavy atom. The van der Waals surface area contributed by atoms with E-state index in [0.717, 1.165) is 37.8 Å². The van der Waals surface area contributed by atoms with Gasteiger partial charge in [-0.05, 0) is 49.4 Å². The third kappa shape index (κ3) is 4.15. The zero-order valence-electron chi connectivity index (χ0n) is 13.7. The van der Waals surface area contributed by atoms with Gasteiger partial charge in [-0.15, -0.1) is 11.6 Å². The minimum atomic E-state index is -4.38. The van der Waals surface area contributed by atoms with Crippen molar-refractivity contribution in [2.45, 2.75) is 43.8 Å². The lowest BCUT2D eigenvalue weighted by atomic mass is 9.85. The van der Waals surface area contributed by atoms with Gasteiger partial charge in [0.1, 0.15) is 0 Å². The predicted molar refractivity (Wildman–Crippen MR) is 87.2 cm³/mol. The van der Waals surface area contributed by atoms with Crippen LogP contribution in [-0.4, -0.2) is 26.2 Å². The average Bonchev–Trinajstić information content (AvgIpc) is 2.59. The van der Waals surface area contributed by atoms with Gasteiger partial charge in [-0.3, -0.25) is 4.79 Å². The molecular weight excluding hydrogens is 343 g/mol. The van der Waals surface area contributed by atoms with Gasteiger partial charge in [0.25, 0.3) is 0 Å². The van der Waals surface area contributed by atoms with E-state index in [0.29, 0.717) is 11.3 Å². The highest BCUT2D eigenvalue weighted by atomic mass is 35.5. The molecule has 1 aliphatic carbocycles. The molecule has 0 spiro atoms. The SMILES string of the molecule is COC(=O)C1CCC(N(C)c2ccc(C(F)(F)F)cc2CCl)CC1. The van der Waals surface area contributed by atoms with Gasteiger partial charge in [-0.25, -0.2) is 0 Å². The Bertz CT molecular complexity index is 584. The van der Waals surface area contributed by atoms with Gasteiger partial charge in [0.05, 0.1) is 18.6 Å². The Morgan fingerprint density at radius 2 is 1.92 bits per heavy atom. The summed E-state index contributed by atoms with van der Waals surface area (Å²) in [4.78, 5) is 13.6. The number of hydrogen-bond acceptors (Lipinski definition) is 3. The van der Waals surface area contributed by atoms with E-state index in [4.69, 9.17) is 16.3 Å². The van der Waals surface area contributed by atoms with E-state index in [-0.39, 0.29) is 23.8 Å². The maximum Gasteiger partial charge on any atom is 0.416 e. The lowest BCUT2D eigenvalue weighted by Gasteiger charge is -2.36. The monoisotopic (exact) mass is 363 g/mol. The van der Waals surface area contributed by atoms with E-state index in [9.17, 15) is 18.0 Å². The van der Waals surface area contributed by atoms with Crippen molar-refractivity contribution in [3.8, 4) is 0 Å². The van der Waals surface area contributed by atoms with Crippen LogP contribution >= 0.6 is 11.6 Å². The molecule has 0 unspecified atom stereocenters. The van der Waals surface area contributed by atoms with Crippen molar-refractivity contribution in [3.05, 3.63) is 29.3 Å². The van der Waals surface area contributed by atoms with Crippen LogP contribution in [0.4, 0.5) is 18.9 Å². The molecule has 0 saturated heterocycles. The van der Waals surface area contributed by atoms with E-state index in [1.165, 1.54) is 13.2 Å². The first kappa shape index (κ1) is 18.9. The van der Waals surface area contributed by atoms with Crippen molar-refractivity contribution >= 4 is 23.3 Å². The molecule has 0 atom stereocenters. The van der Waals surface area contributed by atoms with Crippen LogP contribution in [0, 0.1) is 5.92 Å². The largest absolute Gasteiger partial charge is 0.469 e. The van der Waals surface area contributed by atoms with E-state index in [1.54, 1.807) is 0 Å². The summed E-state index contributed by atoms with van der Waals surface area (Å²) in [6.45, 7) is 0. The van der Waals surface area contributed by atoms with Crippen molar-refractivity contribution in [3.63, 3.8) is 0 Å². The van der Waals surface area contributed by atoms with Gasteiger partial charge in [-0.2, -0.15) is 13.2 Å². The number of alkyl halides is 4. The fourth-order valence-corrected chi connectivity index (χ4v) is 3.49. The molecule has 0 radical (unpaired) electrons. The number of esters is 1. The summed E-state index contributed by atoms with van der Waals surface area (Å²) in [6, 6.07) is 3.85. The zero-order valence-corrected chi connectivity index (χ0v) is 14.5. The summed E-state index contributed by atoms with van der Waals surface area (Å²) in [5, 5.41) is 0. The molecule has 1 aromatic rings. The van der Waals surface area contributed by atoms with Crippen LogP contribution in [0.5, 0.6) is 0 Å². The van der Waals surface area contributed by atoms with Gasteiger partial charge in [0.15, 0.2) is 0 Å². The van der Waals surface area contributed by atoms with E-state index in [2.05, 4.69) is 0 Å². The number of halogens is 4. The first-order chi connectivity index (χ1) is 11.3. The second kappa shape index (κ2) is 7.64. The molecule has 0 amide bonds. The van der Waals surface area contributed by atoms with Gasteiger partial charge in [0.2, 0.25) is 0 Å². The first-order valence-corrected chi connectivity index (χ1v) is 8.38. The van der Waals surface area contributed by atoms with Crippen LogP contribution in [0.25, 0.3) is 0 Å². The Labute approximate surface area is 144 Å². The maximum atomic E-state index is 12.8. The van der Waals surface area contributed by atoms with Crippen molar-refractivity contribution in [1.29, 1.82) is 0 Å². The number of rotatable bonds is 4. The molecule has 2 rings (SSSR count). The van der Waals surface area contributed by atoms with Crippen molar-refractivity contribution in [2.75, 3.05) is 19.1 Å². The summed E-state index contributed by atoms with van der Waals surface area (Å²) in [5.74, 6) is -0.256. The summed E-state index contributed by atoms with van der Waals surface area (Å²) in [5.41, 5.74) is 0.480. The molecule has 0 N–H and O–H groups in total. The Hall–Kier alpha value is -1.43. The van der Waals surface area contributed by atoms with Gasteiger partial charge < -0.3 is 9.64 Å². The summed E-state index contributed by atoms with van der Waals surface area (Å²) in [6.07, 6.45) is -1.36. The first-order valence-electron chi connectivity index (χ1n) is 7.84. The van der Waals surface area contributed by atoms with Crippen LogP contribution in [-0.2, 0) is 21.6 Å². The molecule has 3 nitrogen and oxygen atoms in total. The Kier molecular flexibility index (Phi) is 6.01. The lowest BCUT2D eigenvalue weighted by Crippen LogP contribution is -2.37.